The minimum Gasteiger partial charge on any atom is -0.340 e. The van der Waals surface area contributed by atoms with Gasteiger partial charge < -0.3 is 5.32 Å². The molecule has 1 atom stereocenters. The molecule has 0 aromatic heterocycles. The standard InChI is InChI=1S/C5H9N3O4S/c1-13(10,11)12-4(7)5(9)8-3-2-6/h4H,3,7H2,1H3,(H,8,9). The van der Waals surface area contributed by atoms with Crippen LogP contribution in [0.15, 0.2) is 0 Å². The number of hydrogen-bond donors (Lipinski definition) is 2. The zero-order chi connectivity index (χ0) is 10.5. The lowest BCUT2D eigenvalue weighted by atomic mass is 10.5. The van der Waals surface area contributed by atoms with Gasteiger partial charge in [-0.2, -0.15) is 13.7 Å². The molecule has 0 radical (unpaired) electrons. The molecule has 0 rings (SSSR count). The third-order valence-corrected chi connectivity index (χ3v) is 1.44. The van der Waals surface area contributed by atoms with Crippen molar-refractivity contribution in [3.8, 4) is 6.07 Å². The molecule has 0 aliphatic rings. The third-order valence-electron chi connectivity index (χ3n) is 0.879. The first-order chi connectivity index (χ1) is 5.87. The second kappa shape index (κ2) is 4.76. The van der Waals surface area contributed by atoms with E-state index in [2.05, 4.69) is 4.18 Å². The summed E-state index contributed by atoms with van der Waals surface area (Å²) in [6.07, 6.45) is -0.840. The van der Waals surface area contributed by atoms with Gasteiger partial charge in [-0.3, -0.25) is 10.5 Å². The monoisotopic (exact) mass is 207 g/mol. The molecule has 1 amide bonds. The first-order valence-electron chi connectivity index (χ1n) is 3.15. The second-order valence-electron chi connectivity index (χ2n) is 2.10. The van der Waals surface area contributed by atoms with Crippen molar-refractivity contribution in [2.24, 2.45) is 5.73 Å². The summed E-state index contributed by atoms with van der Waals surface area (Å²) in [6, 6.07) is 1.62. The zero-order valence-corrected chi connectivity index (χ0v) is 7.67. The number of carbonyl (C=O) groups is 1. The number of rotatable bonds is 4. The Morgan fingerprint density at radius 2 is 2.31 bits per heavy atom. The summed E-state index contributed by atoms with van der Waals surface area (Å²) in [6.45, 7) is -0.250. The van der Waals surface area contributed by atoms with Crippen molar-refractivity contribution in [3.05, 3.63) is 0 Å². The minimum absolute atomic E-state index is 0.250. The van der Waals surface area contributed by atoms with Gasteiger partial charge in [0.15, 0.2) is 0 Å². The minimum atomic E-state index is -3.76. The van der Waals surface area contributed by atoms with E-state index in [0.29, 0.717) is 0 Å². The van der Waals surface area contributed by atoms with Gasteiger partial charge in [-0.25, -0.2) is 4.18 Å². The van der Waals surface area contributed by atoms with E-state index in [0.717, 1.165) is 6.26 Å². The number of nitrogens with two attached hydrogens (primary N) is 1. The lowest BCUT2D eigenvalue weighted by molar-refractivity contribution is -0.127. The average Bonchev–Trinajstić information content (AvgIpc) is 1.96. The van der Waals surface area contributed by atoms with Crippen LogP contribution >= 0.6 is 0 Å². The van der Waals surface area contributed by atoms with Crippen molar-refractivity contribution in [1.29, 1.82) is 5.26 Å². The molecule has 0 fully saturated rings. The quantitative estimate of drug-likeness (QED) is 0.309. The Morgan fingerprint density at radius 3 is 2.69 bits per heavy atom. The molecule has 0 saturated carbocycles. The SMILES string of the molecule is CS(=O)(=O)OC(N)C(=O)NCC#N. The lowest BCUT2D eigenvalue weighted by Crippen LogP contribution is -2.43. The van der Waals surface area contributed by atoms with Gasteiger partial charge in [0, 0.05) is 0 Å². The molecule has 0 aliphatic heterocycles. The van der Waals surface area contributed by atoms with Crippen molar-refractivity contribution in [1.82, 2.24) is 5.32 Å². The van der Waals surface area contributed by atoms with Gasteiger partial charge in [0.25, 0.3) is 16.0 Å². The Morgan fingerprint density at radius 1 is 1.77 bits per heavy atom. The number of hydrogen-bond acceptors (Lipinski definition) is 6. The Hall–Kier alpha value is -1.17. The van der Waals surface area contributed by atoms with Crippen molar-refractivity contribution < 1.29 is 17.4 Å². The predicted molar refractivity (Wildman–Crippen MR) is 42.5 cm³/mol. The summed E-state index contributed by atoms with van der Waals surface area (Å²) in [5.41, 5.74) is 5.02. The van der Waals surface area contributed by atoms with Crippen LogP contribution in [0.1, 0.15) is 0 Å². The summed E-state index contributed by atoms with van der Waals surface area (Å²) in [5.74, 6) is -0.855. The molecule has 0 aliphatic carbocycles. The number of carbonyl (C=O) groups excluding carboxylic acids is 1. The molecule has 0 aromatic rings. The van der Waals surface area contributed by atoms with E-state index in [1.165, 1.54) is 0 Å². The lowest BCUT2D eigenvalue weighted by Gasteiger charge is -2.08. The predicted octanol–water partition coefficient (Wildman–Crippen LogP) is -2.11. The van der Waals surface area contributed by atoms with Crippen LogP contribution in [-0.2, 0) is 19.1 Å². The second-order valence-corrected chi connectivity index (χ2v) is 3.70. The number of nitrogens with one attached hydrogen (secondary N) is 1. The molecule has 8 heteroatoms. The number of nitriles is 1. The van der Waals surface area contributed by atoms with E-state index in [-0.39, 0.29) is 6.54 Å². The molecule has 1 unspecified atom stereocenters. The molecule has 0 spiro atoms. The fraction of sp³-hybridized carbons (Fsp3) is 0.600. The van der Waals surface area contributed by atoms with Crippen molar-refractivity contribution in [2.75, 3.05) is 12.8 Å². The smallest absolute Gasteiger partial charge is 0.266 e. The van der Waals surface area contributed by atoms with Crippen LogP contribution in [0.4, 0.5) is 0 Å². The van der Waals surface area contributed by atoms with Crippen LogP contribution in [0, 0.1) is 11.3 Å². The first kappa shape index (κ1) is 11.8. The summed E-state index contributed by atoms with van der Waals surface area (Å²) in [5, 5.41) is 10.1. The van der Waals surface area contributed by atoms with E-state index in [9.17, 15) is 13.2 Å². The number of amides is 1. The molecule has 7 nitrogen and oxygen atoms in total. The highest BCUT2D eigenvalue weighted by atomic mass is 32.2. The van der Waals surface area contributed by atoms with Crippen LogP contribution in [-0.4, -0.2) is 33.4 Å². The van der Waals surface area contributed by atoms with Gasteiger partial charge in [0.2, 0.25) is 6.23 Å². The fourth-order valence-corrected chi connectivity index (χ4v) is 0.923. The van der Waals surface area contributed by atoms with Gasteiger partial charge in [-0.05, 0) is 0 Å². The van der Waals surface area contributed by atoms with Crippen molar-refractivity contribution in [2.45, 2.75) is 6.23 Å². The molecule has 0 heterocycles. The van der Waals surface area contributed by atoms with E-state index in [4.69, 9.17) is 11.0 Å². The molecule has 13 heavy (non-hydrogen) atoms. The normalized spacial score (nSPS) is 13.0. The van der Waals surface area contributed by atoms with Gasteiger partial charge in [-0.1, -0.05) is 0 Å². The molecular weight excluding hydrogens is 198 g/mol. The maximum absolute atomic E-state index is 10.8. The molecule has 74 valence electrons. The number of nitrogens with zero attached hydrogens (tertiary/aromatic N) is 1. The molecule has 0 aromatic carbocycles. The van der Waals surface area contributed by atoms with Gasteiger partial charge in [0.05, 0.1) is 12.3 Å². The highest BCUT2D eigenvalue weighted by molar-refractivity contribution is 7.86. The summed E-state index contributed by atoms with van der Waals surface area (Å²) in [4.78, 5) is 10.8. The van der Waals surface area contributed by atoms with Crippen molar-refractivity contribution >= 4 is 16.0 Å². The molecular formula is C5H9N3O4S. The summed E-state index contributed by atoms with van der Waals surface area (Å²) >= 11 is 0. The Labute approximate surface area is 75.6 Å². The van der Waals surface area contributed by atoms with E-state index in [1.54, 1.807) is 6.07 Å². The summed E-state index contributed by atoms with van der Waals surface area (Å²) in [7, 11) is -3.76. The van der Waals surface area contributed by atoms with Crippen LogP contribution in [0.2, 0.25) is 0 Å². The van der Waals surface area contributed by atoms with Crippen LogP contribution < -0.4 is 11.1 Å². The van der Waals surface area contributed by atoms with Crippen molar-refractivity contribution in [3.63, 3.8) is 0 Å². The van der Waals surface area contributed by atoms with Gasteiger partial charge >= 0.3 is 0 Å². The highest BCUT2D eigenvalue weighted by Crippen LogP contribution is 1.90. The van der Waals surface area contributed by atoms with Crippen LogP contribution in [0.25, 0.3) is 0 Å². The maximum atomic E-state index is 10.8. The van der Waals surface area contributed by atoms with E-state index < -0.39 is 22.3 Å². The zero-order valence-electron chi connectivity index (χ0n) is 6.85. The Bertz CT molecular complexity index is 317. The topological polar surface area (TPSA) is 122 Å². The maximum Gasteiger partial charge on any atom is 0.266 e. The third kappa shape index (κ3) is 6.03. The Balaban J connectivity index is 4.06. The molecule has 0 bridgehead atoms. The van der Waals surface area contributed by atoms with E-state index >= 15 is 0 Å². The molecule has 3 N–H and O–H groups in total. The largest absolute Gasteiger partial charge is 0.340 e. The fourth-order valence-electron chi connectivity index (χ4n) is 0.459. The molecule has 0 saturated heterocycles. The Kier molecular flexibility index (Phi) is 4.33. The summed E-state index contributed by atoms with van der Waals surface area (Å²) < 4.78 is 25.1. The van der Waals surface area contributed by atoms with E-state index in [1.807, 2.05) is 5.32 Å². The van der Waals surface area contributed by atoms with Gasteiger partial charge in [0.1, 0.15) is 6.54 Å². The van der Waals surface area contributed by atoms with Gasteiger partial charge in [-0.15, -0.1) is 0 Å². The highest BCUT2D eigenvalue weighted by Gasteiger charge is 2.18. The average molecular weight is 207 g/mol. The van der Waals surface area contributed by atoms with Crippen LogP contribution in [0.3, 0.4) is 0 Å². The van der Waals surface area contributed by atoms with Crippen LogP contribution in [0.5, 0.6) is 0 Å². The first-order valence-corrected chi connectivity index (χ1v) is 4.97.